The van der Waals surface area contributed by atoms with Crippen molar-refractivity contribution < 1.29 is 18.6 Å². The number of ether oxygens (including phenoxy) is 1. The summed E-state index contributed by atoms with van der Waals surface area (Å²) in [6.45, 7) is 3.13. The maximum Gasteiger partial charge on any atom is 0.217 e. The van der Waals surface area contributed by atoms with Gasteiger partial charge in [0.1, 0.15) is 6.10 Å². The van der Waals surface area contributed by atoms with E-state index in [0.717, 1.165) is 0 Å². The van der Waals surface area contributed by atoms with Crippen molar-refractivity contribution in [2.24, 2.45) is 7.05 Å². The molecule has 1 aromatic carbocycles. The molecule has 1 atom stereocenters. The number of aliphatic hydroxyl groups excluding tert-OH is 1. The smallest absolute Gasteiger partial charge is 0.217 e. The summed E-state index contributed by atoms with van der Waals surface area (Å²) in [4.78, 5) is 0. The molecule has 2 aromatic rings. The quantitative estimate of drug-likeness (QED) is 0.940. The number of methoxy groups -OCH3 is 1. The molecule has 0 amide bonds. The van der Waals surface area contributed by atoms with Gasteiger partial charge in [0.25, 0.3) is 0 Å². The lowest BCUT2D eigenvalue weighted by Gasteiger charge is -2.14. The summed E-state index contributed by atoms with van der Waals surface area (Å²) in [5.41, 5.74) is 0.880. The first-order chi connectivity index (χ1) is 9.38. The van der Waals surface area contributed by atoms with Gasteiger partial charge in [0, 0.05) is 12.6 Å². The van der Waals surface area contributed by atoms with Crippen molar-refractivity contribution in [2.75, 3.05) is 7.11 Å². The molecule has 0 radical (unpaired) electrons. The van der Waals surface area contributed by atoms with Crippen LogP contribution >= 0.6 is 0 Å². The second kappa shape index (κ2) is 5.20. The van der Waals surface area contributed by atoms with Crippen LogP contribution in [0.5, 0.6) is 5.88 Å². The maximum absolute atomic E-state index is 14.0. The zero-order chi connectivity index (χ0) is 15.0. The van der Waals surface area contributed by atoms with E-state index < -0.39 is 17.7 Å². The fourth-order valence-corrected chi connectivity index (χ4v) is 2.24. The second-order valence-electron chi connectivity index (χ2n) is 4.63. The van der Waals surface area contributed by atoms with E-state index in [1.54, 1.807) is 14.0 Å². The predicted molar refractivity (Wildman–Crippen MR) is 69.7 cm³/mol. The van der Waals surface area contributed by atoms with Gasteiger partial charge >= 0.3 is 0 Å². The number of rotatable bonds is 3. The monoisotopic (exact) mass is 282 g/mol. The average Bonchev–Trinajstić information content (AvgIpc) is 2.69. The van der Waals surface area contributed by atoms with Crippen LogP contribution in [0.25, 0.3) is 0 Å². The molecule has 6 heteroatoms. The highest BCUT2D eigenvalue weighted by Crippen LogP contribution is 2.34. The van der Waals surface area contributed by atoms with Crippen LogP contribution in [0.4, 0.5) is 8.78 Å². The Morgan fingerprint density at radius 3 is 2.50 bits per heavy atom. The van der Waals surface area contributed by atoms with Crippen molar-refractivity contribution in [3.05, 3.63) is 46.2 Å². The predicted octanol–water partition coefficient (Wildman–Crippen LogP) is 2.41. The Morgan fingerprint density at radius 1 is 1.25 bits per heavy atom. The van der Waals surface area contributed by atoms with Crippen LogP contribution < -0.4 is 4.74 Å². The zero-order valence-electron chi connectivity index (χ0n) is 11.7. The van der Waals surface area contributed by atoms with Gasteiger partial charge in [-0.3, -0.25) is 0 Å². The molecule has 0 fully saturated rings. The van der Waals surface area contributed by atoms with Crippen LogP contribution in [0, 0.1) is 25.5 Å². The molecular weight excluding hydrogens is 266 g/mol. The fraction of sp³-hybridized carbons (Fsp3) is 0.357. The molecule has 1 unspecified atom stereocenters. The fourth-order valence-electron chi connectivity index (χ4n) is 2.24. The Bertz CT molecular complexity index is 653. The summed E-state index contributed by atoms with van der Waals surface area (Å²) in [6.07, 6.45) is -1.34. The highest BCUT2D eigenvalue weighted by Gasteiger charge is 2.26. The Hall–Kier alpha value is -1.95. The van der Waals surface area contributed by atoms with Gasteiger partial charge in [-0.2, -0.15) is 5.10 Å². The first-order valence-electron chi connectivity index (χ1n) is 6.08. The third-order valence-electron chi connectivity index (χ3n) is 3.28. The lowest BCUT2D eigenvalue weighted by Crippen LogP contribution is -2.07. The molecule has 0 aliphatic rings. The summed E-state index contributed by atoms with van der Waals surface area (Å²) < 4.78 is 34.2. The summed E-state index contributed by atoms with van der Waals surface area (Å²) in [6, 6.07) is 2.79. The molecule has 4 nitrogen and oxygen atoms in total. The van der Waals surface area contributed by atoms with E-state index in [9.17, 15) is 13.9 Å². The van der Waals surface area contributed by atoms with Crippen molar-refractivity contribution in [1.82, 2.24) is 9.78 Å². The van der Waals surface area contributed by atoms with Crippen molar-refractivity contribution in [3.63, 3.8) is 0 Å². The van der Waals surface area contributed by atoms with Gasteiger partial charge in [-0.25, -0.2) is 13.5 Å². The molecule has 20 heavy (non-hydrogen) atoms. The summed E-state index contributed by atoms with van der Waals surface area (Å²) in [5, 5.41) is 14.5. The normalized spacial score (nSPS) is 12.6. The first kappa shape index (κ1) is 14.5. The van der Waals surface area contributed by atoms with E-state index in [2.05, 4.69) is 5.10 Å². The highest BCUT2D eigenvalue weighted by molar-refractivity contribution is 5.41. The van der Waals surface area contributed by atoms with Crippen molar-refractivity contribution in [2.45, 2.75) is 20.0 Å². The Kier molecular flexibility index (Phi) is 3.76. The third kappa shape index (κ3) is 2.16. The van der Waals surface area contributed by atoms with E-state index in [0.29, 0.717) is 17.1 Å². The van der Waals surface area contributed by atoms with E-state index in [4.69, 9.17) is 4.74 Å². The van der Waals surface area contributed by atoms with Crippen molar-refractivity contribution >= 4 is 0 Å². The van der Waals surface area contributed by atoms with Gasteiger partial charge in [-0.15, -0.1) is 0 Å². The Balaban J connectivity index is 2.58. The van der Waals surface area contributed by atoms with Crippen LogP contribution in [0.3, 0.4) is 0 Å². The zero-order valence-corrected chi connectivity index (χ0v) is 11.7. The average molecular weight is 282 g/mol. The highest BCUT2D eigenvalue weighted by atomic mass is 19.2. The van der Waals surface area contributed by atoms with E-state index in [1.165, 1.54) is 30.8 Å². The number of hydrogen-bond acceptors (Lipinski definition) is 3. The van der Waals surface area contributed by atoms with Crippen LogP contribution in [0.1, 0.15) is 28.5 Å². The molecular formula is C14H16F2N2O2. The largest absolute Gasteiger partial charge is 0.481 e. The molecule has 0 saturated heterocycles. The maximum atomic E-state index is 14.0. The molecule has 1 aromatic heterocycles. The molecule has 1 N–H and O–H groups in total. The molecule has 0 saturated carbocycles. The molecule has 2 rings (SSSR count). The second-order valence-corrected chi connectivity index (χ2v) is 4.63. The van der Waals surface area contributed by atoms with Crippen LogP contribution in [0.2, 0.25) is 0 Å². The van der Waals surface area contributed by atoms with Gasteiger partial charge in [0.05, 0.1) is 18.4 Å². The molecule has 0 aliphatic heterocycles. The van der Waals surface area contributed by atoms with Crippen LogP contribution in [-0.4, -0.2) is 22.0 Å². The van der Waals surface area contributed by atoms with Crippen molar-refractivity contribution in [1.29, 1.82) is 0 Å². The number of benzene rings is 1. The van der Waals surface area contributed by atoms with Gasteiger partial charge in [-0.05, 0) is 19.4 Å². The van der Waals surface area contributed by atoms with Crippen molar-refractivity contribution in [3.8, 4) is 5.88 Å². The number of aromatic nitrogens is 2. The number of aryl methyl sites for hydroxylation is 3. The SMILES string of the molecule is COc1c(C(O)c2ccc(C)c(F)c2F)c(C)nn1C. The third-order valence-corrected chi connectivity index (χ3v) is 3.28. The molecule has 0 bridgehead atoms. The Labute approximate surface area is 115 Å². The number of halogens is 2. The summed E-state index contributed by atoms with van der Waals surface area (Å²) >= 11 is 0. The van der Waals surface area contributed by atoms with Crippen LogP contribution in [-0.2, 0) is 7.05 Å². The molecule has 0 aliphatic carbocycles. The number of hydrogen-bond donors (Lipinski definition) is 1. The minimum absolute atomic E-state index is 0.137. The van der Waals surface area contributed by atoms with E-state index in [1.807, 2.05) is 0 Å². The van der Waals surface area contributed by atoms with Gasteiger partial charge < -0.3 is 9.84 Å². The van der Waals surface area contributed by atoms with Gasteiger partial charge in [0.2, 0.25) is 5.88 Å². The minimum Gasteiger partial charge on any atom is -0.481 e. The van der Waals surface area contributed by atoms with Gasteiger partial charge in [-0.1, -0.05) is 12.1 Å². The minimum atomic E-state index is -1.34. The van der Waals surface area contributed by atoms with E-state index in [-0.39, 0.29) is 11.1 Å². The topological polar surface area (TPSA) is 47.3 Å². The molecule has 108 valence electrons. The summed E-state index contributed by atoms with van der Waals surface area (Å²) in [5.74, 6) is -1.69. The molecule has 1 heterocycles. The van der Waals surface area contributed by atoms with E-state index >= 15 is 0 Å². The standard InChI is InChI=1S/C14H16F2N2O2/c1-7-5-6-9(12(16)11(7)15)13(19)10-8(2)17-18(3)14(10)20-4/h5-6,13,19H,1-4H3. The first-order valence-corrected chi connectivity index (χ1v) is 6.08. The number of nitrogens with zero attached hydrogens (tertiary/aromatic N) is 2. The lowest BCUT2D eigenvalue weighted by atomic mass is 9.99. The number of aliphatic hydroxyl groups is 1. The molecule has 0 spiro atoms. The lowest BCUT2D eigenvalue weighted by molar-refractivity contribution is 0.206. The summed E-state index contributed by atoms with van der Waals surface area (Å²) in [7, 11) is 3.08. The Morgan fingerprint density at radius 2 is 1.90 bits per heavy atom. The van der Waals surface area contributed by atoms with Gasteiger partial charge in [0.15, 0.2) is 11.6 Å². The van der Waals surface area contributed by atoms with Crippen LogP contribution in [0.15, 0.2) is 12.1 Å².